The number of ether oxygens (including phenoxy) is 1. The highest BCUT2D eigenvalue weighted by Gasteiger charge is 2.18. The molecule has 16 heavy (non-hydrogen) atoms. The molecule has 0 amide bonds. The van der Waals surface area contributed by atoms with Crippen molar-refractivity contribution in [1.29, 1.82) is 0 Å². The molecule has 0 aliphatic carbocycles. The van der Waals surface area contributed by atoms with Crippen LogP contribution in [0.1, 0.15) is 34.6 Å². The Morgan fingerprint density at radius 1 is 1.44 bits per heavy atom. The third-order valence-electron chi connectivity index (χ3n) is 2.19. The van der Waals surface area contributed by atoms with Crippen molar-refractivity contribution in [3.63, 3.8) is 0 Å². The van der Waals surface area contributed by atoms with Crippen LogP contribution in [-0.4, -0.2) is 42.6 Å². The van der Waals surface area contributed by atoms with Crippen LogP contribution in [0.25, 0.3) is 0 Å². The molecule has 0 aliphatic heterocycles. The van der Waals surface area contributed by atoms with Gasteiger partial charge in [0.1, 0.15) is 5.60 Å². The van der Waals surface area contributed by atoms with Crippen LogP contribution in [0.4, 0.5) is 0 Å². The number of hydrogen-bond donors (Lipinski definition) is 1. The van der Waals surface area contributed by atoms with Gasteiger partial charge in [-0.3, -0.25) is 9.69 Å². The molecule has 0 aromatic carbocycles. The normalized spacial score (nSPS) is 13.9. The fourth-order valence-electron chi connectivity index (χ4n) is 1.38. The van der Waals surface area contributed by atoms with E-state index in [4.69, 9.17) is 10.5 Å². The second kappa shape index (κ2) is 6.86. The minimum atomic E-state index is -0.407. The zero-order chi connectivity index (χ0) is 12.8. The molecule has 0 spiro atoms. The van der Waals surface area contributed by atoms with E-state index in [9.17, 15) is 4.79 Å². The molecule has 0 saturated carbocycles. The first kappa shape index (κ1) is 15.4. The lowest BCUT2D eigenvalue weighted by molar-refractivity contribution is -0.156. The molecule has 0 fully saturated rings. The maximum absolute atomic E-state index is 11.6. The van der Waals surface area contributed by atoms with E-state index in [-0.39, 0.29) is 5.97 Å². The summed E-state index contributed by atoms with van der Waals surface area (Å²) in [5, 5.41) is 0. The molecule has 0 bridgehead atoms. The van der Waals surface area contributed by atoms with E-state index >= 15 is 0 Å². The Kier molecular flexibility index (Phi) is 6.60. The van der Waals surface area contributed by atoms with Gasteiger partial charge in [-0.2, -0.15) is 0 Å². The first-order valence-electron chi connectivity index (χ1n) is 5.92. The van der Waals surface area contributed by atoms with Crippen molar-refractivity contribution in [2.24, 2.45) is 11.7 Å². The summed E-state index contributed by atoms with van der Waals surface area (Å²) in [7, 11) is 0. The lowest BCUT2D eigenvalue weighted by atomic mass is 10.1. The third kappa shape index (κ3) is 7.65. The van der Waals surface area contributed by atoms with Gasteiger partial charge in [-0.25, -0.2) is 0 Å². The van der Waals surface area contributed by atoms with Crippen molar-refractivity contribution in [3.05, 3.63) is 0 Å². The van der Waals surface area contributed by atoms with Crippen LogP contribution in [0.2, 0.25) is 0 Å². The Morgan fingerprint density at radius 2 is 2.00 bits per heavy atom. The molecule has 96 valence electrons. The summed E-state index contributed by atoms with van der Waals surface area (Å²) in [4.78, 5) is 13.7. The second-order valence-electron chi connectivity index (χ2n) is 5.26. The van der Waals surface area contributed by atoms with Crippen LogP contribution < -0.4 is 5.73 Å². The van der Waals surface area contributed by atoms with Crippen molar-refractivity contribution >= 4 is 5.97 Å². The van der Waals surface area contributed by atoms with Crippen LogP contribution in [0, 0.1) is 5.92 Å². The van der Waals surface area contributed by atoms with Crippen LogP contribution >= 0.6 is 0 Å². The summed E-state index contributed by atoms with van der Waals surface area (Å²) >= 11 is 0. The Hall–Kier alpha value is -0.610. The van der Waals surface area contributed by atoms with Gasteiger partial charge < -0.3 is 10.5 Å². The largest absolute Gasteiger partial charge is 0.459 e. The lowest BCUT2D eigenvalue weighted by Crippen LogP contribution is -2.38. The molecule has 0 aromatic rings. The summed E-state index contributed by atoms with van der Waals surface area (Å²) in [6, 6.07) is 0. The van der Waals surface area contributed by atoms with Crippen molar-refractivity contribution in [1.82, 2.24) is 4.90 Å². The molecule has 4 nitrogen and oxygen atoms in total. The average Bonchev–Trinajstić information content (AvgIpc) is 2.13. The number of esters is 1. The summed E-state index contributed by atoms with van der Waals surface area (Å²) < 4.78 is 5.27. The number of nitrogens with zero attached hydrogens (tertiary/aromatic N) is 1. The average molecular weight is 230 g/mol. The summed E-state index contributed by atoms with van der Waals surface area (Å²) in [6.07, 6.45) is 0. The third-order valence-corrected chi connectivity index (χ3v) is 2.19. The predicted molar refractivity (Wildman–Crippen MR) is 66.2 cm³/mol. The maximum Gasteiger partial charge on any atom is 0.320 e. The van der Waals surface area contributed by atoms with E-state index < -0.39 is 5.60 Å². The van der Waals surface area contributed by atoms with Gasteiger partial charge in [-0.15, -0.1) is 0 Å². The zero-order valence-electron chi connectivity index (χ0n) is 11.2. The quantitative estimate of drug-likeness (QED) is 0.698. The molecular weight excluding hydrogens is 204 g/mol. The minimum Gasteiger partial charge on any atom is -0.459 e. The number of carbonyl (C=O) groups excluding carboxylic acids is 1. The molecule has 0 aliphatic rings. The summed E-state index contributed by atoms with van der Waals surface area (Å²) in [5.74, 6) is 0.237. The summed E-state index contributed by atoms with van der Waals surface area (Å²) in [6.45, 7) is 12.4. The monoisotopic (exact) mass is 230 g/mol. The molecule has 0 radical (unpaired) electrons. The molecule has 1 atom stereocenters. The Labute approximate surface area is 99.1 Å². The van der Waals surface area contributed by atoms with E-state index in [1.54, 1.807) is 0 Å². The van der Waals surface area contributed by atoms with Gasteiger partial charge in [0.05, 0.1) is 6.54 Å². The topological polar surface area (TPSA) is 55.6 Å². The van der Waals surface area contributed by atoms with Crippen LogP contribution in [0.5, 0.6) is 0 Å². The molecule has 0 rings (SSSR count). The first-order chi connectivity index (χ1) is 7.28. The van der Waals surface area contributed by atoms with Gasteiger partial charge in [-0.05, 0) is 39.8 Å². The fourth-order valence-corrected chi connectivity index (χ4v) is 1.38. The molecular formula is C12H26N2O2. The predicted octanol–water partition coefficient (Wildman–Crippen LogP) is 1.24. The molecule has 1 unspecified atom stereocenters. The molecule has 2 N–H and O–H groups in total. The minimum absolute atomic E-state index is 0.168. The van der Waals surface area contributed by atoms with E-state index in [0.717, 1.165) is 13.1 Å². The van der Waals surface area contributed by atoms with Crippen LogP contribution in [-0.2, 0) is 9.53 Å². The zero-order valence-corrected chi connectivity index (χ0v) is 11.2. The number of rotatable bonds is 6. The number of nitrogens with two attached hydrogens (primary N) is 1. The van der Waals surface area contributed by atoms with Gasteiger partial charge in [0.25, 0.3) is 0 Å². The maximum atomic E-state index is 11.6. The van der Waals surface area contributed by atoms with E-state index in [1.807, 2.05) is 27.7 Å². The second-order valence-corrected chi connectivity index (χ2v) is 5.26. The van der Waals surface area contributed by atoms with Crippen LogP contribution in [0.3, 0.4) is 0 Å². The summed E-state index contributed by atoms with van der Waals surface area (Å²) in [5.41, 5.74) is 5.16. The fraction of sp³-hybridized carbons (Fsp3) is 0.917. The van der Waals surface area contributed by atoms with Gasteiger partial charge >= 0.3 is 5.97 Å². The number of likely N-dealkylation sites (N-methyl/N-ethyl adjacent to an activating group) is 1. The Morgan fingerprint density at radius 3 is 2.38 bits per heavy atom. The molecule has 0 aromatic heterocycles. The molecule has 4 heteroatoms. The Bertz CT molecular complexity index is 212. The van der Waals surface area contributed by atoms with Crippen molar-refractivity contribution < 1.29 is 9.53 Å². The van der Waals surface area contributed by atoms with Crippen molar-refractivity contribution in [2.75, 3.05) is 26.2 Å². The highest BCUT2D eigenvalue weighted by atomic mass is 16.6. The van der Waals surface area contributed by atoms with Crippen molar-refractivity contribution in [2.45, 2.75) is 40.2 Å². The van der Waals surface area contributed by atoms with Gasteiger partial charge in [-0.1, -0.05) is 13.8 Å². The molecule has 0 saturated heterocycles. The number of hydrogen-bond acceptors (Lipinski definition) is 4. The smallest absolute Gasteiger partial charge is 0.320 e. The van der Waals surface area contributed by atoms with E-state index in [1.165, 1.54) is 0 Å². The highest BCUT2D eigenvalue weighted by molar-refractivity contribution is 5.72. The highest BCUT2D eigenvalue weighted by Crippen LogP contribution is 2.08. The van der Waals surface area contributed by atoms with Gasteiger partial charge in [0.2, 0.25) is 0 Å². The lowest BCUT2D eigenvalue weighted by Gasteiger charge is -2.25. The SMILES string of the molecule is CCN(CC(=O)OC(C)(C)C)CC(C)CN. The van der Waals surface area contributed by atoms with Gasteiger partial charge in [0.15, 0.2) is 0 Å². The van der Waals surface area contributed by atoms with Crippen LogP contribution in [0.15, 0.2) is 0 Å². The van der Waals surface area contributed by atoms with Gasteiger partial charge in [0, 0.05) is 6.54 Å². The standard InChI is InChI=1S/C12H26N2O2/c1-6-14(8-10(2)7-13)9-11(15)16-12(3,4)5/h10H,6-9,13H2,1-5H3. The number of carbonyl (C=O) groups is 1. The first-order valence-corrected chi connectivity index (χ1v) is 5.92. The Balaban J connectivity index is 4.07. The van der Waals surface area contributed by atoms with E-state index in [2.05, 4.69) is 11.8 Å². The molecule has 0 heterocycles. The van der Waals surface area contributed by atoms with Crippen molar-refractivity contribution in [3.8, 4) is 0 Å². The van der Waals surface area contributed by atoms with E-state index in [0.29, 0.717) is 19.0 Å².